The highest BCUT2D eigenvalue weighted by atomic mass is 16.6. The van der Waals surface area contributed by atoms with Crippen LogP contribution in [0, 0.1) is 10.1 Å². The number of carbonyl (C=O) groups is 2. The monoisotopic (exact) mass is 369 g/mol. The van der Waals surface area contributed by atoms with E-state index in [1.54, 1.807) is 0 Å². The normalized spacial score (nSPS) is 19.4. The summed E-state index contributed by atoms with van der Waals surface area (Å²) >= 11 is 0. The van der Waals surface area contributed by atoms with E-state index in [4.69, 9.17) is 4.74 Å². The van der Waals surface area contributed by atoms with E-state index >= 15 is 0 Å². The van der Waals surface area contributed by atoms with Crippen LogP contribution in [0.25, 0.3) is 0 Å². The summed E-state index contributed by atoms with van der Waals surface area (Å²) in [5.41, 5.74) is 0.966. The van der Waals surface area contributed by atoms with Crippen molar-refractivity contribution in [2.75, 3.05) is 18.4 Å². The highest BCUT2D eigenvalue weighted by molar-refractivity contribution is 6.39. The molecule has 140 valence electrons. The van der Waals surface area contributed by atoms with Crippen molar-refractivity contribution in [3.8, 4) is 0 Å². The van der Waals surface area contributed by atoms with Gasteiger partial charge in [0.1, 0.15) is 6.10 Å². The molecule has 3 rings (SSSR count). The summed E-state index contributed by atoms with van der Waals surface area (Å²) in [7, 11) is 0. The van der Waals surface area contributed by atoms with Crippen LogP contribution in [-0.4, -0.2) is 40.8 Å². The van der Waals surface area contributed by atoms with Crippen LogP contribution in [0.4, 0.5) is 11.4 Å². The average molecular weight is 369 g/mol. The molecule has 0 aliphatic carbocycles. The number of rotatable bonds is 3. The molecule has 0 spiro atoms. The topological polar surface area (TPSA) is 102 Å². The summed E-state index contributed by atoms with van der Waals surface area (Å²) in [4.78, 5) is 36.6. The molecule has 1 aliphatic heterocycles. The van der Waals surface area contributed by atoms with Crippen molar-refractivity contribution in [3.05, 3.63) is 70.3 Å². The fourth-order valence-electron chi connectivity index (χ4n) is 2.99. The lowest BCUT2D eigenvalue weighted by Gasteiger charge is -2.36. The number of non-ortho nitro benzene ring substituents is 1. The largest absolute Gasteiger partial charge is 0.367 e. The Labute approximate surface area is 155 Å². The second-order valence-electron chi connectivity index (χ2n) is 6.32. The van der Waals surface area contributed by atoms with E-state index < -0.39 is 16.7 Å². The molecule has 8 heteroatoms. The minimum Gasteiger partial charge on any atom is -0.367 e. The SMILES string of the molecule is C[C@H]1CN(C(=O)C(=O)Nc2cccc([N+](=O)[O-])c2)C[C@H](c2ccccc2)O1. The lowest BCUT2D eigenvalue weighted by molar-refractivity contribution is -0.384. The Morgan fingerprint density at radius 3 is 2.59 bits per heavy atom. The zero-order valence-corrected chi connectivity index (χ0v) is 14.7. The van der Waals surface area contributed by atoms with Gasteiger partial charge in [-0.15, -0.1) is 0 Å². The van der Waals surface area contributed by atoms with Crippen LogP contribution < -0.4 is 5.32 Å². The molecule has 2 atom stereocenters. The van der Waals surface area contributed by atoms with Gasteiger partial charge in [0.05, 0.1) is 17.6 Å². The molecule has 2 aromatic rings. The van der Waals surface area contributed by atoms with Gasteiger partial charge in [0.25, 0.3) is 5.69 Å². The smallest absolute Gasteiger partial charge is 0.313 e. The van der Waals surface area contributed by atoms with Gasteiger partial charge in [-0.25, -0.2) is 0 Å². The van der Waals surface area contributed by atoms with Crippen LogP contribution in [0.5, 0.6) is 0 Å². The van der Waals surface area contributed by atoms with Crippen LogP contribution >= 0.6 is 0 Å². The van der Waals surface area contributed by atoms with Gasteiger partial charge < -0.3 is 15.0 Å². The van der Waals surface area contributed by atoms with Gasteiger partial charge in [-0.3, -0.25) is 19.7 Å². The summed E-state index contributed by atoms with van der Waals surface area (Å²) in [6.45, 7) is 2.40. The molecule has 2 aromatic carbocycles. The van der Waals surface area contributed by atoms with Crippen molar-refractivity contribution in [3.63, 3.8) is 0 Å². The van der Waals surface area contributed by atoms with Gasteiger partial charge in [-0.2, -0.15) is 0 Å². The van der Waals surface area contributed by atoms with Gasteiger partial charge in [0.2, 0.25) is 0 Å². The number of nitrogens with one attached hydrogen (secondary N) is 1. The second kappa shape index (κ2) is 7.96. The predicted molar refractivity (Wildman–Crippen MR) is 98.0 cm³/mol. The molecule has 1 saturated heterocycles. The third-order valence-electron chi connectivity index (χ3n) is 4.23. The number of morpholine rings is 1. The molecule has 1 heterocycles. The summed E-state index contributed by atoms with van der Waals surface area (Å²) in [6, 6.07) is 14.9. The molecule has 0 unspecified atom stereocenters. The number of benzene rings is 2. The van der Waals surface area contributed by atoms with Crippen LogP contribution in [-0.2, 0) is 14.3 Å². The van der Waals surface area contributed by atoms with Gasteiger partial charge in [-0.1, -0.05) is 36.4 Å². The van der Waals surface area contributed by atoms with Crippen LogP contribution in [0.2, 0.25) is 0 Å². The third kappa shape index (κ3) is 4.48. The number of carbonyl (C=O) groups excluding carboxylic acids is 2. The first-order valence-corrected chi connectivity index (χ1v) is 8.49. The molecule has 0 bridgehead atoms. The zero-order valence-electron chi connectivity index (χ0n) is 14.7. The second-order valence-corrected chi connectivity index (χ2v) is 6.32. The Bertz CT molecular complexity index is 855. The van der Waals surface area contributed by atoms with Crippen molar-refractivity contribution in [2.24, 2.45) is 0 Å². The number of nitrogens with zero attached hydrogens (tertiary/aromatic N) is 2. The third-order valence-corrected chi connectivity index (χ3v) is 4.23. The average Bonchev–Trinajstić information content (AvgIpc) is 2.67. The van der Waals surface area contributed by atoms with Crippen molar-refractivity contribution >= 4 is 23.2 Å². The Morgan fingerprint density at radius 1 is 1.15 bits per heavy atom. The Kier molecular flexibility index (Phi) is 5.46. The van der Waals surface area contributed by atoms with Crippen molar-refractivity contribution in [1.82, 2.24) is 4.90 Å². The first-order chi connectivity index (χ1) is 12.9. The molecule has 0 aromatic heterocycles. The van der Waals surface area contributed by atoms with Crippen LogP contribution in [0.15, 0.2) is 54.6 Å². The number of nitro groups is 1. The molecular weight excluding hydrogens is 350 g/mol. The fourth-order valence-corrected chi connectivity index (χ4v) is 2.99. The maximum Gasteiger partial charge on any atom is 0.313 e. The van der Waals surface area contributed by atoms with E-state index in [2.05, 4.69) is 5.32 Å². The highest BCUT2D eigenvalue weighted by Crippen LogP contribution is 2.25. The van der Waals surface area contributed by atoms with Gasteiger partial charge in [-0.05, 0) is 18.6 Å². The highest BCUT2D eigenvalue weighted by Gasteiger charge is 2.32. The van der Waals surface area contributed by atoms with Crippen molar-refractivity contribution in [1.29, 1.82) is 0 Å². The summed E-state index contributed by atoms with van der Waals surface area (Å²) in [5, 5.41) is 13.3. The molecule has 0 radical (unpaired) electrons. The maximum absolute atomic E-state index is 12.6. The molecule has 27 heavy (non-hydrogen) atoms. The van der Waals surface area contributed by atoms with Crippen molar-refractivity contribution < 1.29 is 19.2 Å². The Hall–Kier alpha value is -3.26. The first kappa shape index (κ1) is 18.5. The number of anilines is 1. The van der Waals surface area contributed by atoms with Gasteiger partial charge in [0.15, 0.2) is 0 Å². The number of amides is 2. The molecule has 1 N–H and O–H groups in total. The number of hydrogen-bond acceptors (Lipinski definition) is 5. The minimum absolute atomic E-state index is 0.163. The van der Waals surface area contributed by atoms with Crippen molar-refractivity contribution in [2.45, 2.75) is 19.1 Å². The summed E-state index contributed by atoms with van der Waals surface area (Å²) in [5.74, 6) is -1.53. The number of hydrogen-bond donors (Lipinski definition) is 1. The number of nitro benzene ring substituents is 1. The predicted octanol–water partition coefficient (Wildman–Crippen LogP) is 2.52. The summed E-state index contributed by atoms with van der Waals surface area (Å²) in [6.07, 6.45) is -0.539. The molecule has 0 saturated carbocycles. The van der Waals surface area contributed by atoms with E-state index in [1.165, 1.54) is 29.2 Å². The molecule has 2 amide bonds. The Morgan fingerprint density at radius 2 is 1.89 bits per heavy atom. The lowest BCUT2D eigenvalue weighted by Crippen LogP contribution is -2.49. The quantitative estimate of drug-likeness (QED) is 0.509. The van der Waals surface area contributed by atoms with E-state index in [0.717, 1.165) is 5.56 Å². The molecule has 1 aliphatic rings. The van der Waals surface area contributed by atoms with E-state index in [1.807, 2.05) is 37.3 Å². The van der Waals surface area contributed by atoms with E-state index in [9.17, 15) is 19.7 Å². The van der Waals surface area contributed by atoms with Gasteiger partial charge >= 0.3 is 11.8 Å². The lowest BCUT2D eigenvalue weighted by atomic mass is 10.1. The Balaban J connectivity index is 1.69. The molecule has 1 fully saturated rings. The maximum atomic E-state index is 12.6. The number of ether oxygens (including phenoxy) is 1. The first-order valence-electron chi connectivity index (χ1n) is 8.49. The van der Waals surface area contributed by atoms with Crippen LogP contribution in [0.3, 0.4) is 0 Å². The minimum atomic E-state index is -0.837. The summed E-state index contributed by atoms with van der Waals surface area (Å²) < 4.78 is 5.89. The zero-order chi connectivity index (χ0) is 19.4. The standard InChI is InChI=1S/C19H19N3O5/c1-13-11-21(12-17(27-13)14-6-3-2-4-7-14)19(24)18(23)20-15-8-5-9-16(10-15)22(25)26/h2-10,13,17H,11-12H2,1H3,(H,20,23)/t13-,17+/m0/s1. The van der Waals surface area contributed by atoms with Crippen LogP contribution in [0.1, 0.15) is 18.6 Å². The van der Waals surface area contributed by atoms with E-state index in [0.29, 0.717) is 6.54 Å². The van der Waals surface area contributed by atoms with E-state index in [-0.39, 0.29) is 30.1 Å². The fraction of sp³-hybridized carbons (Fsp3) is 0.263. The molecule has 8 nitrogen and oxygen atoms in total. The molecular formula is C19H19N3O5. The van der Waals surface area contributed by atoms with Gasteiger partial charge in [0, 0.05) is 24.4 Å².